The summed E-state index contributed by atoms with van der Waals surface area (Å²) in [5, 5.41) is 21.3. The van der Waals surface area contributed by atoms with Gasteiger partial charge in [-0.2, -0.15) is 0 Å². The molecule has 0 saturated heterocycles. The van der Waals surface area contributed by atoms with E-state index in [9.17, 15) is 25.0 Å². The third kappa shape index (κ3) is 2.20. The maximum Gasteiger partial charge on any atom is 0.287 e. The molecule has 0 spiro atoms. The van der Waals surface area contributed by atoms with Crippen LogP contribution < -0.4 is 5.30 Å². The van der Waals surface area contributed by atoms with E-state index in [1.54, 1.807) is 0 Å². The lowest BCUT2D eigenvalue weighted by Crippen LogP contribution is -2.09. The molecular weight excluding hydrogens is 235 g/mol. The fraction of sp³-hybridized carbons (Fsp3) is 0.125. The standard InChI is InChI=1S/C8H7N2O5P/c1-4(11)5-2-8(16)7(10(14)15)3-6(5)9(12)13/h2-3H,16H2,1H3. The number of nitrogens with zero attached hydrogens (tertiary/aromatic N) is 2. The summed E-state index contributed by atoms with van der Waals surface area (Å²) in [6.45, 7) is 1.16. The van der Waals surface area contributed by atoms with Gasteiger partial charge in [0.25, 0.3) is 11.4 Å². The number of benzene rings is 1. The van der Waals surface area contributed by atoms with Crippen LogP contribution in [0.1, 0.15) is 17.3 Å². The molecule has 16 heavy (non-hydrogen) atoms. The molecule has 0 heterocycles. The van der Waals surface area contributed by atoms with Gasteiger partial charge < -0.3 is 0 Å². The Balaban J connectivity index is 3.55. The van der Waals surface area contributed by atoms with Crippen LogP contribution in [0, 0.1) is 20.2 Å². The Hall–Kier alpha value is -1.88. The Morgan fingerprint density at radius 2 is 1.69 bits per heavy atom. The number of carbonyl (C=O) groups is 1. The molecule has 1 atom stereocenters. The first-order valence-electron chi connectivity index (χ1n) is 4.08. The molecule has 1 unspecified atom stereocenters. The fourth-order valence-electron chi connectivity index (χ4n) is 1.19. The third-order valence-electron chi connectivity index (χ3n) is 1.92. The van der Waals surface area contributed by atoms with Gasteiger partial charge in [-0.15, -0.1) is 0 Å². The van der Waals surface area contributed by atoms with Crippen molar-refractivity contribution < 1.29 is 14.6 Å². The lowest BCUT2D eigenvalue weighted by Gasteiger charge is -2.01. The maximum absolute atomic E-state index is 11.1. The Bertz CT molecular complexity index is 499. The van der Waals surface area contributed by atoms with Gasteiger partial charge in [-0.3, -0.25) is 25.0 Å². The van der Waals surface area contributed by atoms with E-state index in [-0.39, 0.29) is 10.9 Å². The summed E-state index contributed by atoms with van der Waals surface area (Å²) in [4.78, 5) is 30.8. The second kappa shape index (κ2) is 4.32. The van der Waals surface area contributed by atoms with Gasteiger partial charge in [0.2, 0.25) is 0 Å². The molecule has 0 radical (unpaired) electrons. The minimum atomic E-state index is -0.812. The summed E-state index contributed by atoms with van der Waals surface area (Å²) in [6.07, 6.45) is 0. The molecule has 0 saturated carbocycles. The summed E-state index contributed by atoms with van der Waals surface area (Å²) >= 11 is 0. The van der Waals surface area contributed by atoms with Crippen molar-refractivity contribution in [2.45, 2.75) is 6.92 Å². The highest BCUT2D eigenvalue weighted by atomic mass is 31.0. The molecule has 1 aromatic carbocycles. The van der Waals surface area contributed by atoms with Crippen molar-refractivity contribution in [1.82, 2.24) is 0 Å². The van der Waals surface area contributed by atoms with Gasteiger partial charge in [0.15, 0.2) is 5.78 Å². The van der Waals surface area contributed by atoms with Crippen LogP contribution in [0.3, 0.4) is 0 Å². The number of carbonyl (C=O) groups excluding carboxylic acids is 1. The van der Waals surface area contributed by atoms with Gasteiger partial charge in [0.1, 0.15) is 0 Å². The smallest absolute Gasteiger partial charge is 0.287 e. The molecule has 7 nitrogen and oxygen atoms in total. The van der Waals surface area contributed by atoms with E-state index in [1.807, 2.05) is 0 Å². The maximum atomic E-state index is 11.1. The Morgan fingerprint density at radius 1 is 1.19 bits per heavy atom. The second-order valence-electron chi connectivity index (χ2n) is 3.00. The predicted molar refractivity (Wildman–Crippen MR) is 59.1 cm³/mol. The van der Waals surface area contributed by atoms with E-state index in [0.29, 0.717) is 0 Å². The van der Waals surface area contributed by atoms with E-state index >= 15 is 0 Å². The van der Waals surface area contributed by atoms with Crippen molar-refractivity contribution in [3.63, 3.8) is 0 Å². The van der Waals surface area contributed by atoms with Crippen LogP contribution in [0.25, 0.3) is 0 Å². The number of rotatable bonds is 3. The molecule has 0 amide bonds. The van der Waals surface area contributed by atoms with Gasteiger partial charge in [-0.25, -0.2) is 0 Å². The van der Waals surface area contributed by atoms with Crippen molar-refractivity contribution in [3.05, 3.63) is 37.9 Å². The van der Waals surface area contributed by atoms with Crippen LogP contribution in [0.15, 0.2) is 12.1 Å². The van der Waals surface area contributed by atoms with E-state index in [2.05, 4.69) is 9.24 Å². The van der Waals surface area contributed by atoms with Crippen molar-refractivity contribution in [2.75, 3.05) is 0 Å². The first-order chi connectivity index (χ1) is 7.34. The normalized spacial score (nSPS) is 9.88. The summed E-state index contributed by atoms with van der Waals surface area (Å²) in [7, 11) is 2.07. The van der Waals surface area contributed by atoms with E-state index < -0.39 is 27.0 Å². The molecule has 0 aliphatic heterocycles. The van der Waals surface area contributed by atoms with Gasteiger partial charge in [-0.1, -0.05) is 9.24 Å². The van der Waals surface area contributed by atoms with Crippen molar-refractivity contribution in [2.24, 2.45) is 0 Å². The van der Waals surface area contributed by atoms with Gasteiger partial charge >= 0.3 is 0 Å². The quantitative estimate of drug-likeness (QED) is 0.343. The highest BCUT2D eigenvalue weighted by Gasteiger charge is 2.24. The minimum absolute atomic E-state index is 0.138. The van der Waals surface area contributed by atoms with Crippen LogP contribution in [0.5, 0.6) is 0 Å². The molecule has 0 N–H and O–H groups in total. The SMILES string of the molecule is CC(=O)c1cc(P)c([N+](=O)[O-])cc1[N+](=O)[O-]. The number of ketones is 1. The van der Waals surface area contributed by atoms with Crippen molar-refractivity contribution >= 4 is 31.7 Å². The van der Waals surface area contributed by atoms with Crippen molar-refractivity contribution in [3.8, 4) is 0 Å². The zero-order valence-corrected chi connectivity index (χ0v) is 9.32. The van der Waals surface area contributed by atoms with Gasteiger partial charge in [0, 0.05) is 5.30 Å². The first kappa shape index (κ1) is 12.2. The summed E-state index contributed by atoms with van der Waals surface area (Å²) < 4.78 is 0. The average Bonchev–Trinajstić information content (AvgIpc) is 2.15. The number of hydrogen-bond acceptors (Lipinski definition) is 5. The second-order valence-corrected chi connectivity index (χ2v) is 3.62. The molecular formula is C8H7N2O5P. The molecule has 0 aromatic heterocycles. The Kier molecular flexibility index (Phi) is 3.29. The van der Waals surface area contributed by atoms with E-state index in [4.69, 9.17) is 0 Å². The molecule has 1 aromatic rings. The first-order valence-corrected chi connectivity index (χ1v) is 4.65. The lowest BCUT2D eigenvalue weighted by molar-refractivity contribution is -0.393. The van der Waals surface area contributed by atoms with Crippen LogP contribution in [-0.4, -0.2) is 15.6 Å². The highest BCUT2D eigenvalue weighted by molar-refractivity contribution is 7.28. The Labute approximate surface area is 92.0 Å². The summed E-state index contributed by atoms with van der Waals surface area (Å²) in [5.41, 5.74) is -1.09. The van der Waals surface area contributed by atoms with Crippen LogP contribution in [0.4, 0.5) is 11.4 Å². The molecule has 8 heteroatoms. The zero-order chi connectivity index (χ0) is 12.5. The zero-order valence-electron chi connectivity index (χ0n) is 8.17. The minimum Gasteiger partial charge on any atom is -0.294 e. The molecule has 1 rings (SSSR count). The van der Waals surface area contributed by atoms with E-state index in [0.717, 1.165) is 19.1 Å². The third-order valence-corrected chi connectivity index (χ3v) is 2.38. The van der Waals surface area contributed by atoms with Crippen LogP contribution >= 0.6 is 9.24 Å². The molecule has 0 fully saturated rings. The highest BCUT2D eigenvalue weighted by Crippen LogP contribution is 2.24. The average molecular weight is 242 g/mol. The number of Topliss-reactive ketones (excluding diaryl/α,β-unsaturated/α-hetero) is 1. The largest absolute Gasteiger partial charge is 0.294 e. The number of nitro groups is 2. The van der Waals surface area contributed by atoms with Gasteiger partial charge in [0.05, 0.1) is 21.5 Å². The Morgan fingerprint density at radius 3 is 2.06 bits per heavy atom. The lowest BCUT2D eigenvalue weighted by atomic mass is 10.1. The molecule has 84 valence electrons. The topological polar surface area (TPSA) is 103 Å². The predicted octanol–water partition coefficient (Wildman–Crippen LogP) is 1.21. The monoisotopic (exact) mass is 242 g/mol. The summed E-state index contributed by atoms with van der Waals surface area (Å²) in [5.74, 6) is -0.509. The van der Waals surface area contributed by atoms with Gasteiger partial charge in [-0.05, 0) is 13.0 Å². The van der Waals surface area contributed by atoms with Crippen LogP contribution in [0.2, 0.25) is 0 Å². The molecule has 0 bridgehead atoms. The van der Waals surface area contributed by atoms with E-state index in [1.165, 1.54) is 0 Å². The number of hydrogen-bond donors (Lipinski definition) is 0. The molecule has 0 aliphatic carbocycles. The summed E-state index contributed by atoms with van der Waals surface area (Å²) in [6, 6.07) is 1.92. The van der Waals surface area contributed by atoms with Crippen LogP contribution in [-0.2, 0) is 0 Å². The molecule has 0 aliphatic rings. The number of nitro benzene ring substituents is 2. The fourth-order valence-corrected chi connectivity index (χ4v) is 1.54. The van der Waals surface area contributed by atoms with Crippen molar-refractivity contribution in [1.29, 1.82) is 0 Å².